The topological polar surface area (TPSA) is 9.23 Å². The lowest BCUT2D eigenvalue weighted by Crippen LogP contribution is -1.98. The SMILES string of the molecule is Cc1c(Br)ccc(OCc2ccccc2)c1I. The van der Waals surface area contributed by atoms with Gasteiger partial charge in [-0.1, -0.05) is 46.3 Å². The summed E-state index contributed by atoms with van der Waals surface area (Å²) in [5.74, 6) is 0.940. The van der Waals surface area contributed by atoms with E-state index in [1.807, 2.05) is 30.3 Å². The van der Waals surface area contributed by atoms with Crippen molar-refractivity contribution in [1.29, 1.82) is 0 Å². The van der Waals surface area contributed by atoms with Crippen LogP contribution in [0, 0.1) is 10.5 Å². The third-order valence-electron chi connectivity index (χ3n) is 2.52. The van der Waals surface area contributed by atoms with Gasteiger partial charge in [-0.3, -0.25) is 0 Å². The summed E-state index contributed by atoms with van der Waals surface area (Å²) in [7, 11) is 0. The van der Waals surface area contributed by atoms with Crippen LogP contribution < -0.4 is 4.74 Å². The Morgan fingerprint density at radius 3 is 2.53 bits per heavy atom. The quantitative estimate of drug-likeness (QED) is 0.660. The fourth-order valence-corrected chi connectivity index (χ4v) is 2.81. The number of benzene rings is 2. The number of rotatable bonds is 3. The van der Waals surface area contributed by atoms with Gasteiger partial charge in [0.1, 0.15) is 12.4 Å². The fourth-order valence-electron chi connectivity index (χ4n) is 1.48. The maximum Gasteiger partial charge on any atom is 0.133 e. The number of ether oxygens (including phenoxy) is 1. The third-order valence-corrected chi connectivity index (χ3v) is 4.72. The molecule has 17 heavy (non-hydrogen) atoms. The Bertz CT molecular complexity index is 511. The second-order valence-electron chi connectivity index (χ2n) is 3.76. The van der Waals surface area contributed by atoms with Crippen LogP contribution in [-0.4, -0.2) is 0 Å². The number of hydrogen-bond donors (Lipinski definition) is 0. The molecule has 2 aromatic carbocycles. The molecule has 2 rings (SSSR count). The number of hydrogen-bond acceptors (Lipinski definition) is 1. The Morgan fingerprint density at radius 1 is 1.12 bits per heavy atom. The second kappa shape index (κ2) is 5.87. The Morgan fingerprint density at radius 2 is 1.82 bits per heavy atom. The van der Waals surface area contributed by atoms with Gasteiger partial charge >= 0.3 is 0 Å². The molecule has 0 N–H and O–H groups in total. The average Bonchev–Trinajstić information content (AvgIpc) is 2.36. The largest absolute Gasteiger partial charge is 0.488 e. The van der Waals surface area contributed by atoms with Gasteiger partial charge in [-0.2, -0.15) is 0 Å². The highest BCUT2D eigenvalue weighted by atomic mass is 127. The molecule has 0 aliphatic rings. The first kappa shape index (κ1) is 12.9. The predicted octanol–water partition coefficient (Wildman–Crippen LogP) is 4.94. The van der Waals surface area contributed by atoms with E-state index in [-0.39, 0.29) is 0 Å². The Hall–Kier alpha value is -0.550. The minimum absolute atomic E-state index is 0.609. The van der Waals surface area contributed by atoms with E-state index in [4.69, 9.17) is 4.74 Å². The fraction of sp³-hybridized carbons (Fsp3) is 0.143. The normalized spacial score (nSPS) is 10.3. The van der Waals surface area contributed by atoms with Gasteiger partial charge in [0, 0.05) is 4.47 Å². The van der Waals surface area contributed by atoms with E-state index in [1.165, 1.54) is 11.1 Å². The summed E-state index contributed by atoms with van der Waals surface area (Å²) in [4.78, 5) is 0. The van der Waals surface area contributed by atoms with Crippen LogP contribution in [0.15, 0.2) is 46.9 Å². The Balaban J connectivity index is 2.13. The molecule has 3 heteroatoms. The highest BCUT2D eigenvalue weighted by Crippen LogP contribution is 2.30. The molecule has 0 spiro atoms. The maximum absolute atomic E-state index is 5.83. The summed E-state index contributed by atoms with van der Waals surface area (Å²) >= 11 is 5.83. The molecule has 2 aromatic rings. The van der Waals surface area contributed by atoms with E-state index in [1.54, 1.807) is 0 Å². The zero-order chi connectivity index (χ0) is 12.3. The maximum atomic E-state index is 5.83. The highest BCUT2D eigenvalue weighted by Gasteiger charge is 2.07. The second-order valence-corrected chi connectivity index (χ2v) is 5.69. The van der Waals surface area contributed by atoms with E-state index in [0.717, 1.165) is 13.8 Å². The molecule has 0 aliphatic heterocycles. The van der Waals surface area contributed by atoms with Crippen LogP contribution in [0.1, 0.15) is 11.1 Å². The minimum atomic E-state index is 0.609. The molecule has 0 aromatic heterocycles. The van der Waals surface area contributed by atoms with Crippen molar-refractivity contribution in [2.24, 2.45) is 0 Å². The van der Waals surface area contributed by atoms with Gasteiger partial charge in [0.25, 0.3) is 0 Å². The summed E-state index contributed by atoms with van der Waals surface area (Å²) in [6, 6.07) is 14.2. The lowest BCUT2D eigenvalue weighted by molar-refractivity contribution is 0.303. The zero-order valence-electron chi connectivity index (χ0n) is 9.41. The van der Waals surface area contributed by atoms with Crippen LogP contribution in [0.2, 0.25) is 0 Å². The molecule has 0 heterocycles. The molecular weight excluding hydrogens is 391 g/mol. The van der Waals surface area contributed by atoms with Crippen LogP contribution in [0.5, 0.6) is 5.75 Å². The molecule has 0 fully saturated rings. The van der Waals surface area contributed by atoms with Crippen molar-refractivity contribution < 1.29 is 4.74 Å². The van der Waals surface area contributed by atoms with Gasteiger partial charge in [0.05, 0.1) is 3.57 Å². The van der Waals surface area contributed by atoms with E-state index < -0.39 is 0 Å². The summed E-state index contributed by atoms with van der Waals surface area (Å²) in [6.07, 6.45) is 0. The molecule has 0 radical (unpaired) electrons. The van der Waals surface area contributed by atoms with Gasteiger partial charge in [-0.25, -0.2) is 0 Å². The van der Waals surface area contributed by atoms with Crippen LogP contribution in [0.25, 0.3) is 0 Å². The lowest BCUT2D eigenvalue weighted by Gasteiger charge is -2.11. The average molecular weight is 403 g/mol. The van der Waals surface area contributed by atoms with Crippen LogP contribution >= 0.6 is 38.5 Å². The standard InChI is InChI=1S/C14H12BrIO/c1-10-12(15)7-8-13(14(10)16)17-9-11-5-3-2-4-6-11/h2-8H,9H2,1H3. The van der Waals surface area contributed by atoms with Crippen molar-refractivity contribution in [1.82, 2.24) is 0 Å². The molecule has 0 saturated heterocycles. The molecule has 1 nitrogen and oxygen atoms in total. The molecule has 0 amide bonds. The first-order valence-electron chi connectivity index (χ1n) is 5.30. The van der Waals surface area contributed by atoms with Gasteiger partial charge in [0.15, 0.2) is 0 Å². The molecule has 0 atom stereocenters. The smallest absolute Gasteiger partial charge is 0.133 e. The molecule has 0 unspecified atom stereocenters. The number of halogens is 2. The van der Waals surface area contributed by atoms with Crippen molar-refractivity contribution >= 4 is 38.5 Å². The summed E-state index contributed by atoms with van der Waals surface area (Å²) in [5.41, 5.74) is 2.40. The van der Waals surface area contributed by atoms with Crippen LogP contribution in [0.3, 0.4) is 0 Å². The van der Waals surface area contributed by atoms with Crippen molar-refractivity contribution in [2.75, 3.05) is 0 Å². The van der Waals surface area contributed by atoms with Crippen molar-refractivity contribution in [2.45, 2.75) is 13.5 Å². The molecule has 0 bridgehead atoms. The summed E-state index contributed by atoms with van der Waals surface area (Å²) in [5, 5.41) is 0. The van der Waals surface area contributed by atoms with Crippen LogP contribution in [-0.2, 0) is 6.61 Å². The van der Waals surface area contributed by atoms with Crippen molar-refractivity contribution in [3.63, 3.8) is 0 Å². The predicted molar refractivity (Wildman–Crippen MR) is 82.4 cm³/mol. The van der Waals surface area contributed by atoms with Gasteiger partial charge in [-0.15, -0.1) is 0 Å². The molecule has 88 valence electrons. The molecule has 0 saturated carbocycles. The lowest BCUT2D eigenvalue weighted by atomic mass is 10.2. The van der Waals surface area contributed by atoms with Crippen molar-refractivity contribution in [3.8, 4) is 5.75 Å². The first-order valence-corrected chi connectivity index (χ1v) is 7.17. The third kappa shape index (κ3) is 3.22. The van der Waals surface area contributed by atoms with Crippen molar-refractivity contribution in [3.05, 3.63) is 61.6 Å². The molecule has 0 aliphatic carbocycles. The van der Waals surface area contributed by atoms with E-state index in [0.29, 0.717) is 6.61 Å². The van der Waals surface area contributed by atoms with Gasteiger partial charge < -0.3 is 4.74 Å². The Labute approximate surface area is 123 Å². The van der Waals surface area contributed by atoms with E-state index in [9.17, 15) is 0 Å². The van der Waals surface area contributed by atoms with Gasteiger partial charge in [-0.05, 0) is 52.8 Å². The Kier molecular flexibility index (Phi) is 4.45. The highest BCUT2D eigenvalue weighted by molar-refractivity contribution is 14.1. The summed E-state index contributed by atoms with van der Waals surface area (Å²) < 4.78 is 8.11. The van der Waals surface area contributed by atoms with E-state index in [2.05, 4.69) is 57.6 Å². The summed E-state index contributed by atoms with van der Waals surface area (Å²) in [6.45, 7) is 2.69. The van der Waals surface area contributed by atoms with Gasteiger partial charge in [0.2, 0.25) is 0 Å². The van der Waals surface area contributed by atoms with Crippen LogP contribution in [0.4, 0.5) is 0 Å². The zero-order valence-corrected chi connectivity index (χ0v) is 13.2. The minimum Gasteiger partial charge on any atom is -0.488 e. The molecular formula is C14H12BrIO. The monoisotopic (exact) mass is 402 g/mol. The van der Waals surface area contributed by atoms with E-state index >= 15 is 0 Å². The first-order chi connectivity index (χ1) is 8.18.